The zero-order valence-corrected chi connectivity index (χ0v) is 12.5. The summed E-state index contributed by atoms with van der Waals surface area (Å²) in [6.07, 6.45) is 12.9. The Bertz CT molecular complexity index is 219. The predicted molar refractivity (Wildman–Crippen MR) is 78.9 cm³/mol. The Morgan fingerprint density at radius 3 is 2.50 bits per heavy atom. The Morgan fingerprint density at radius 2 is 1.83 bits per heavy atom. The maximum absolute atomic E-state index is 3.61. The van der Waals surface area contributed by atoms with Gasteiger partial charge >= 0.3 is 0 Å². The van der Waals surface area contributed by atoms with Gasteiger partial charge in [-0.3, -0.25) is 0 Å². The van der Waals surface area contributed by atoms with Crippen molar-refractivity contribution in [3.8, 4) is 0 Å². The number of rotatable bonds is 8. The molecule has 1 atom stereocenters. The van der Waals surface area contributed by atoms with Crippen molar-refractivity contribution in [2.45, 2.75) is 76.8 Å². The Morgan fingerprint density at radius 1 is 1.11 bits per heavy atom. The SMILES string of the molecule is CC(CCCNC1CC1)N(C)CC1CCCCC1. The molecule has 0 heterocycles. The molecule has 0 bridgehead atoms. The van der Waals surface area contributed by atoms with Crippen molar-refractivity contribution in [2.75, 3.05) is 20.1 Å². The van der Waals surface area contributed by atoms with E-state index in [4.69, 9.17) is 0 Å². The summed E-state index contributed by atoms with van der Waals surface area (Å²) in [4.78, 5) is 2.60. The largest absolute Gasteiger partial charge is 0.314 e. The quantitative estimate of drug-likeness (QED) is 0.666. The van der Waals surface area contributed by atoms with Crippen LogP contribution in [0.5, 0.6) is 0 Å². The van der Waals surface area contributed by atoms with Crippen molar-refractivity contribution in [2.24, 2.45) is 5.92 Å². The predicted octanol–water partition coefficient (Wildman–Crippen LogP) is 3.42. The summed E-state index contributed by atoms with van der Waals surface area (Å²) in [7, 11) is 2.33. The molecule has 18 heavy (non-hydrogen) atoms. The number of hydrogen-bond donors (Lipinski definition) is 1. The first-order valence-corrected chi connectivity index (χ1v) is 8.19. The Balaban J connectivity index is 1.53. The minimum absolute atomic E-state index is 0.757. The molecule has 0 radical (unpaired) electrons. The van der Waals surface area contributed by atoms with Crippen LogP contribution in [0.2, 0.25) is 0 Å². The third kappa shape index (κ3) is 5.27. The molecule has 0 amide bonds. The van der Waals surface area contributed by atoms with Gasteiger partial charge in [0.2, 0.25) is 0 Å². The first-order valence-electron chi connectivity index (χ1n) is 8.19. The second-order valence-electron chi connectivity index (χ2n) is 6.66. The van der Waals surface area contributed by atoms with Gasteiger partial charge in [0.15, 0.2) is 0 Å². The maximum Gasteiger partial charge on any atom is 0.00682 e. The molecule has 2 saturated carbocycles. The molecular formula is C16H32N2. The zero-order chi connectivity index (χ0) is 12.8. The highest BCUT2D eigenvalue weighted by Gasteiger charge is 2.20. The molecule has 0 aromatic rings. The lowest BCUT2D eigenvalue weighted by atomic mass is 9.88. The van der Waals surface area contributed by atoms with Crippen LogP contribution in [0.25, 0.3) is 0 Å². The van der Waals surface area contributed by atoms with E-state index in [1.165, 1.54) is 70.9 Å². The molecule has 2 aliphatic carbocycles. The lowest BCUT2D eigenvalue weighted by Gasteiger charge is -2.31. The summed E-state index contributed by atoms with van der Waals surface area (Å²) in [5.41, 5.74) is 0. The second kappa shape index (κ2) is 7.49. The maximum atomic E-state index is 3.61. The highest BCUT2D eigenvalue weighted by Crippen LogP contribution is 2.25. The van der Waals surface area contributed by atoms with E-state index in [-0.39, 0.29) is 0 Å². The minimum Gasteiger partial charge on any atom is -0.314 e. The molecule has 0 aliphatic heterocycles. The topological polar surface area (TPSA) is 15.3 Å². The number of hydrogen-bond acceptors (Lipinski definition) is 2. The van der Waals surface area contributed by atoms with E-state index in [0.717, 1.165) is 18.0 Å². The molecule has 0 spiro atoms. The summed E-state index contributed by atoms with van der Waals surface area (Å²) in [6.45, 7) is 4.96. The molecule has 2 heteroatoms. The van der Waals surface area contributed by atoms with Crippen LogP contribution in [-0.4, -0.2) is 37.1 Å². The number of nitrogens with one attached hydrogen (secondary N) is 1. The third-order valence-electron chi connectivity index (χ3n) is 4.83. The van der Waals surface area contributed by atoms with Crippen LogP contribution in [0.1, 0.15) is 64.7 Å². The van der Waals surface area contributed by atoms with Crippen molar-refractivity contribution >= 4 is 0 Å². The monoisotopic (exact) mass is 252 g/mol. The van der Waals surface area contributed by atoms with Gasteiger partial charge in [-0.15, -0.1) is 0 Å². The highest BCUT2D eigenvalue weighted by atomic mass is 15.1. The van der Waals surface area contributed by atoms with Gasteiger partial charge in [0.1, 0.15) is 0 Å². The molecule has 2 fully saturated rings. The van der Waals surface area contributed by atoms with Gasteiger partial charge in [-0.05, 0) is 65.0 Å². The molecule has 1 N–H and O–H groups in total. The van der Waals surface area contributed by atoms with Crippen LogP contribution in [0.15, 0.2) is 0 Å². The fourth-order valence-corrected chi connectivity index (χ4v) is 3.17. The highest BCUT2D eigenvalue weighted by molar-refractivity contribution is 4.80. The standard InChI is InChI=1S/C16H32N2/c1-14(7-6-12-17-16-10-11-16)18(2)13-15-8-4-3-5-9-15/h14-17H,3-13H2,1-2H3. The Kier molecular flexibility index (Phi) is 5.97. The summed E-state index contributed by atoms with van der Waals surface area (Å²) in [6, 6.07) is 1.63. The van der Waals surface area contributed by atoms with Crippen molar-refractivity contribution in [1.29, 1.82) is 0 Å². The average molecular weight is 252 g/mol. The fraction of sp³-hybridized carbons (Fsp3) is 1.00. The van der Waals surface area contributed by atoms with Gasteiger partial charge in [0.05, 0.1) is 0 Å². The first-order chi connectivity index (χ1) is 8.75. The molecule has 0 aromatic carbocycles. The van der Waals surface area contributed by atoms with Crippen LogP contribution >= 0.6 is 0 Å². The van der Waals surface area contributed by atoms with Gasteiger partial charge in [-0.2, -0.15) is 0 Å². The molecule has 0 aromatic heterocycles. The van der Waals surface area contributed by atoms with Gasteiger partial charge in [0.25, 0.3) is 0 Å². The molecule has 1 unspecified atom stereocenters. The van der Waals surface area contributed by atoms with E-state index < -0.39 is 0 Å². The fourth-order valence-electron chi connectivity index (χ4n) is 3.17. The summed E-state index contributed by atoms with van der Waals surface area (Å²) >= 11 is 0. The Labute approximate surface area is 114 Å². The molecule has 2 aliphatic rings. The van der Waals surface area contributed by atoms with Crippen LogP contribution in [0.3, 0.4) is 0 Å². The van der Waals surface area contributed by atoms with Crippen LogP contribution in [-0.2, 0) is 0 Å². The van der Waals surface area contributed by atoms with Gasteiger partial charge in [-0.1, -0.05) is 19.3 Å². The van der Waals surface area contributed by atoms with E-state index in [0.29, 0.717) is 0 Å². The molecule has 2 nitrogen and oxygen atoms in total. The van der Waals surface area contributed by atoms with E-state index in [1.807, 2.05) is 0 Å². The van der Waals surface area contributed by atoms with E-state index in [2.05, 4.69) is 24.2 Å². The lowest BCUT2D eigenvalue weighted by Crippen LogP contribution is -2.34. The van der Waals surface area contributed by atoms with Crippen molar-refractivity contribution in [3.05, 3.63) is 0 Å². The zero-order valence-electron chi connectivity index (χ0n) is 12.5. The molecular weight excluding hydrogens is 220 g/mol. The summed E-state index contributed by atoms with van der Waals surface area (Å²) in [5, 5.41) is 3.61. The molecule has 106 valence electrons. The van der Waals surface area contributed by atoms with Crippen molar-refractivity contribution in [1.82, 2.24) is 10.2 Å². The van der Waals surface area contributed by atoms with Crippen LogP contribution in [0, 0.1) is 5.92 Å². The molecule has 0 saturated heterocycles. The van der Waals surface area contributed by atoms with E-state index >= 15 is 0 Å². The van der Waals surface area contributed by atoms with E-state index in [9.17, 15) is 0 Å². The lowest BCUT2D eigenvalue weighted by molar-refractivity contribution is 0.182. The summed E-state index contributed by atoms with van der Waals surface area (Å²) in [5.74, 6) is 0.982. The smallest absolute Gasteiger partial charge is 0.00682 e. The van der Waals surface area contributed by atoms with Crippen molar-refractivity contribution < 1.29 is 0 Å². The molecule has 2 rings (SSSR count). The average Bonchev–Trinajstić information content (AvgIpc) is 3.19. The minimum atomic E-state index is 0.757. The Hall–Kier alpha value is -0.0800. The van der Waals surface area contributed by atoms with Crippen LogP contribution in [0.4, 0.5) is 0 Å². The second-order valence-corrected chi connectivity index (χ2v) is 6.66. The van der Waals surface area contributed by atoms with Crippen molar-refractivity contribution in [3.63, 3.8) is 0 Å². The van der Waals surface area contributed by atoms with E-state index in [1.54, 1.807) is 0 Å². The van der Waals surface area contributed by atoms with Gasteiger partial charge < -0.3 is 10.2 Å². The number of nitrogens with zero attached hydrogens (tertiary/aromatic N) is 1. The first kappa shape index (κ1) is 14.3. The van der Waals surface area contributed by atoms with Gasteiger partial charge in [0, 0.05) is 18.6 Å². The third-order valence-corrected chi connectivity index (χ3v) is 4.83. The normalized spacial score (nSPS) is 23.5. The van der Waals surface area contributed by atoms with Gasteiger partial charge in [-0.25, -0.2) is 0 Å². The van der Waals surface area contributed by atoms with Crippen LogP contribution < -0.4 is 5.32 Å². The summed E-state index contributed by atoms with van der Waals surface area (Å²) < 4.78 is 0.